The highest BCUT2D eigenvalue weighted by atomic mass is 32.1. The van der Waals surface area contributed by atoms with Crippen LogP contribution in [0.4, 0.5) is 5.69 Å². The molecule has 0 fully saturated rings. The van der Waals surface area contributed by atoms with Crippen LogP contribution >= 0.6 is 12.2 Å². The number of hydrogen-bond donors (Lipinski definition) is 2. The Kier molecular flexibility index (Phi) is 5.18. The van der Waals surface area contributed by atoms with Crippen molar-refractivity contribution in [1.82, 2.24) is 10.3 Å². The molecule has 1 aromatic heterocycles. The average Bonchev–Trinajstić information content (AvgIpc) is 2.62. The summed E-state index contributed by atoms with van der Waals surface area (Å²) < 4.78 is 0. The molecule has 0 radical (unpaired) electrons. The lowest BCUT2D eigenvalue weighted by atomic mass is 9.95. The summed E-state index contributed by atoms with van der Waals surface area (Å²) in [6.45, 7) is 2.12. The number of benzene rings is 2. The van der Waals surface area contributed by atoms with Crippen molar-refractivity contribution in [2.45, 2.75) is 13.0 Å². The maximum Gasteiger partial charge on any atom is 0.171 e. The van der Waals surface area contributed by atoms with Crippen molar-refractivity contribution in [3.63, 3.8) is 0 Å². The summed E-state index contributed by atoms with van der Waals surface area (Å²) in [5.41, 5.74) is 4.47. The Morgan fingerprint density at radius 3 is 2.42 bits per heavy atom. The van der Waals surface area contributed by atoms with Crippen LogP contribution in [0.5, 0.6) is 0 Å². The summed E-state index contributed by atoms with van der Waals surface area (Å²) in [6.07, 6.45) is 3.49. The molecule has 0 bridgehead atoms. The fourth-order valence-electron chi connectivity index (χ4n) is 2.63. The van der Waals surface area contributed by atoms with E-state index in [9.17, 15) is 0 Å². The van der Waals surface area contributed by atoms with E-state index in [2.05, 4.69) is 52.9 Å². The minimum atomic E-state index is -0.0101. The van der Waals surface area contributed by atoms with Gasteiger partial charge in [-0.05, 0) is 48.0 Å². The summed E-state index contributed by atoms with van der Waals surface area (Å²) in [4.78, 5) is 4.10. The van der Waals surface area contributed by atoms with Gasteiger partial charge in [0.1, 0.15) is 0 Å². The standard InChI is InChI=1S/C20H19N3S/c1-15-8-5-6-12-18(15)19(16-9-3-2-4-10-16)23-20(24)22-17-11-7-13-21-14-17/h2-14,19H,1H3,(H2,22,23,24). The molecule has 3 nitrogen and oxygen atoms in total. The van der Waals surface area contributed by atoms with Crippen LogP contribution < -0.4 is 10.6 Å². The minimum Gasteiger partial charge on any atom is -0.352 e. The zero-order valence-electron chi connectivity index (χ0n) is 13.4. The van der Waals surface area contributed by atoms with Crippen molar-refractivity contribution in [3.05, 3.63) is 95.8 Å². The van der Waals surface area contributed by atoms with E-state index in [-0.39, 0.29) is 6.04 Å². The zero-order chi connectivity index (χ0) is 16.8. The highest BCUT2D eigenvalue weighted by Gasteiger charge is 2.16. The lowest BCUT2D eigenvalue weighted by molar-refractivity contribution is 0.762. The van der Waals surface area contributed by atoms with E-state index in [4.69, 9.17) is 12.2 Å². The molecule has 3 aromatic rings. The number of nitrogens with zero attached hydrogens (tertiary/aromatic N) is 1. The SMILES string of the molecule is Cc1ccccc1C(NC(=S)Nc1cccnc1)c1ccccc1. The van der Waals surface area contributed by atoms with Crippen LogP contribution in [-0.4, -0.2) is 10.1 Å². The fraction of sp³-hybridized carbons (Fsp3) is 0.100. The van der Waals surface area contributed by atoms with Crippen molar-refractivity contribution in [3.8, 4) is 0 Å². The van der Waals surface area contributed by atoms with Crippen LogP contribution in [0.3, 0.4) is 0 Å². The molecule has 0 saturated heterocycles. The predicted octanol–water partition coefficient (Wildman–Crippen LogP) is 4.47. The van der Waals surface area contributed by atoms with Gasteiger partial charge in [-0.3, -0.25) is 4.98 Å². The van der Waals surface area contributed by atoms with Crippen LogP contribution in [0.1, 0.15) is 22.7 Å². The second-order valence-electron chi connectivity index (χ2n) is 5.54. The third-order valence-corrected chi connectivity index (χ3v) is 4.05. The van der Waals surface area contributed by atoms with Crippen LogP contribution in [0.15, 0.2) is 79.1 Å². The summed E-state index contributed by atoms with van der Waals surface area (Å²) in [7, 11) is 0. The molecule has 24 heavy (non-hydrogen) atoms. The van der Waals surface area contributed by atoms with E-state index in [1.54, 1.807) is 12.4 Å². The zero-order valence-corrected chi connectivity index (χ0v) is 14.3. The van der Waals surface area contributed by atoms with Gasteiger partial charge < -0.3 is 10.6 Å². The van der Waals surface area contributed by atoms with Gasteiger partial charge in [-0.25, -0.2) is 0 Å². The lowest BCUT2D eigenvalue weighted by Crippen LogP contribution is -2.33. The maximum atomic E-state index is 5.51. The highest BCUT2D eigenvalue weighted by molar-refractivity contribution is 7.80. The Balaban J connectivity index is 1.86. The normalized spacial score (nSPS) is 11.5. The number of aryl methyl sites for hydroxylation is 1. The van der Waals surface area contributed by atoms with Gasteiger partial charge in [-0.2, -0.15) is 0 Å². The quantitative estimate of drug-likeness (QED) is 0.691. The molecule has 1 atom stereocenters. The number of rotatable bonds is 4. The van der Waals surface area contributed by atoms with Crippen LogP contribution in [0, 0.1) is 6.92 Å². The van der Waals surface area contributed by atoms with Crippen LogP contribution in [-0.2, 0) is 0 Å². The van der Waals surface area contributed by atoms with Crippen LogP contribution in [0.2, 0.25) is 0 Å². The average molecular weight is 333 g/mol. The van der Waals surface area contributed by atoms with Crippen molar-refractivity contribution < 1.29 is 0 Å². The smallest absolute Gasteiger partial charge is 0.171 e. The number of pyridine rings is 1. The minimum absolute atomic E-state index is 0.0101. The molecule has 1 unspecified atom stereocenters. The number of hydrogen-bond acceptors (Lipinski definition) is 2. The maximum absolute atomic E-state index is 5.51. The summed E-state index contributed by atoms with van der Waals surface area (Å²) >= 11 is 5.51. The first kappa shape index (κ1) is 16.1. The first-order valence-electron chi connectivity index (χ1n) is 7.82. The number of nitrogens with one attached hydrogen (secondary N) is 2. The Morgan fingerprint density at radius 2 is 1.71 bits per heavy atom. The van der Waals surface area contributed by atoms with Gasteiger partial charge in [0, 0.05) is 6.20 Å². The van der Waals surface area contributed by atoms with Gasteiger partial charge in [0.15, 0.2) is 5.11 Å². The van der Waals surface area contributed by atoms with Gasteiger partial charge >= 0.3 is 0 Å². The van der Waals surface area contributed by atoms with Crippen molar-refractivity contribution in [2.75, 3.05) is 5.32 Å². The third kappa shape index (κ3) is 3.97. The molecule has 4 heteroatoms. The molecule has 2 N–H and O–H groups in total. The van der Waals surface area contributed by atoms with Gasteiger partial charge in [0.25, 0.3) is 0 Å². The largest absolute Gasteiger partial charge is 0.352 e. The number of thiocarbonyl (C=S) groups is 1. The predicted molar refractivity (Wildman–Crippen MR) is 103 cm³/mol. The first-order valence-corrected chi connectivity index (χ1v) is 8.23. The fourth-order valence-corrected chi connectivity index (χ4v) is 2.87. The molecule has 0 aliphatic heterocycles. The molecule has 3 rings (SSSR count). The summed E-state index contributed by atoms with van der Waals surface area (Å²) in [5.74, 6) is 0. The Morgan fingerprint density at radius 1 is 0.958 bits per heavy atom. The summed E-state index contributed by atoms with van der Waals surface area (Å²) in [6, 6.07) is 22.5. The molecule has 1 heterocycles. The lowest BCUT2D eigenvalue weighted by Gasteiger charge is -2.23. The Bertz CT molecular complexity index is 803. The van der Waals surface area contributed by atoms with Gasteiger partial charge in [0.2, 0.25) is 0 Å². The van der Waals surface area contributed by atoms with Crippen molar-refractivity contribution in [2.24, 2.45) is 0 Å². The number of aromatic nitrogens is 1. The number of anilines is 1. The topological polar surface area (TPSA) is 37.0 Å². The Labute approximate surface area is 147 Å². The molecule has 0 aliphatic carbocycles. The van der Waals surface area contributed by atoms with E-state index in [1.807, 2.05) is 36.4 Å². The van der Waals surface area contributed by atoms with E-state index < -0.39 is 0 Å². The molecule has 120 valence electrons. The van der Waals surface area contributed by atoms with E-state index in [0.717, 1.165) is 5.69 Å². The molecule has 0 aliphatic rings. The molecule has 0 amide bonds. The van der Waals surface area contributed by atoms with Crippen molar-refractivity contribution >= 4 is 23.0 Å². The van der Waals surface area contributed by atoms with E-state index in [1.165, 1.54) is 16.7 Å². The monoisotopic (exact) mass is 333 g/mol. The molecular formula is C20H19N3S. The molecule has 0 saturated carbocycles. The summed E-state index contributed by atoms with van der Waals surface area (Å²) in [5, 5.41) is 7.19. The van der Waals surface area contributed by atoms with Gasteiger partial charge in [-0.1, -0.05) is 54.6 Å². The van der Waals surface area contributed by atoms with E-state index in [0.29, 0.717) is 5.11 Å². The Hall–Kier alpha value is -2.72. The second-order valence-corrected chi connectivity index (χ2v) is 5.95. The van der Waals surface area contributed by atoms with Crippen molar-refractivity contribution in [1.29, 1.82) is 0 Å². The third-order valence-electron chi connectivity index (χ3n) is 3.83. The van der Waals surface area contributed by atoms with Gasteiger partial charge in [-0.15, -0.1) is 0 Å². The second kappa shape index (κ2) is 7.70. The molecule has 2 aromatic carbocycles. The van der Waals surface area contributed by atoms with Crippen LogP contribution in [0.25, 0.3) is 0 Å². The van der Waals surface area contributed by atoms with E-state index >= 15 is 0 Å². The molecular weight excluding hydrogens is 314 g/mol. The van der Waals surface area contributed by atoms with Gasteiger partial charge in [0.05, 0.1) is 17.9 Å². The molecule has 0 spiro atoms. The highest BCUT2D eigenvalue weighted by Crippen LogP contribution is 2.25. The first-order chi connectivity index (χ1) is 11.7.